The molecule has 0 saturated carbocycles. The number of hydrazine groups is 1. The van der Waals surface area contributed by atoms with Crippen LogP contribution in [0.4, 0.5) is 5.69 Å². The third-order valence-corrected chi connectivity index (χ3v) is 3.15. The van der Waals surface area contributed by atoms with E-state index in [1.165, 1.54) is 6.20 Å². The molecule has 6 heteroatoms. The molecule has 1 rings (SSSR count). The predicted octanol–water partition coefficient (Wildman–Crippen LogP) is 0.849. The van der Waals surface area contributed by atoms with Gasteiger partial charge in [0.25, 0.3) is 5.91 Å². The highest BCUT2D eigenvalue weighted by Crippen LogP contribution is 2.11. The minimum Gasteiger partial charge on any atom is -0.351 e. The van der Waals surface area contributed by atoms with Crippen LogP contribution in [0.3, 0.4) is 0 Å². The van der Waals surface area contributed by atoms with Gasteiger partial charge in [-0.2, -0.15) is 11.8 Å². The number of thioether (sulfide) groups is 1. The van der Waals surface area contributed by atoms with E-state index in [2.05, 4.69) is 22.7 Å². The highest BCUT2D eigenvalue weighted by Gasteiger charge is 2.11. The summed E-state index contributed by atoms with van der Waals surface area (Å²) in [6.07, 6.45) is 5.08. The van der Waals surface area contributed by atoms with Crippen molar-refractivity contribution in [3.8, 4) is 0 Å². The molecule has 0 spiro atoms. The van der Waals surface area contributed by atoms with Crippen LogP contribution in [0.1, 0.15) is 17.3 Å². The van der Waals surface area contributed by atoms with Gasteiger partial charge in [0.1, 0.15) is 0 Å². The molecule has 1 heterocycles. The van der Waals surface area contributed by atoms with Crippen LogP contribution >= 0.6 is 11.8 Å². The van der Waals surface area contributed by atoms with Gasteiger partial charge in [0, 0.05) is 24.2 Å². The van der Waals surface area contributed by atoms with Crippen molar-refractivity contribution >= 4 is 23.4 Å². The summed E-state index contributed by atoms with van der Waals surface area (Å²) in [7, 11) is 0. The molecule has 0 aliphatic rings. The summed E-state index contributed by atoms with van der Waals surface area (Å²) in [6, 6.07) is 1.66. The number of aromatic nitrogens is 1. The van der Waals surface area contributed by atoms with Gasteiger partial charge in [-0.05, 0) is 12.3 Å². The molecular formula is C10H16N4OS. The second-order valence-corrected chi connectivity index (χ2v) is 4.60. The summed E-state index contributed by atoms with van der Waals surface area (Å²) in [6.45, 7) is 2.68. The van der Waals surface area contributed by atoms with E-state index in [1.807, 2.05) is 6.26 Å². The third-order valence-electron chi connectivity index (χ3n) is 2.17. The van der Waals surface area contributed by atoms with Crippen LogP contribution in [-0.4, -0.2) is 28.9 Å². The van der Waals surface area contributed by atoms with Gasteiger partial charge in [0.15, 0.2) is 0 Å². The first kappa shape index (κ1) is 12.8. The number of rotatable bonds is 5. The van der Waals surface area contributed by atoms with E-state index in [-0.39, 0.29) is 5.91 Å². The Bertz CT molecular complexity index is 358. The third kappa shape index (κ3) is 3.39. The number of nitrogens with two attached hydrogens (primary N) is 1. The van der Waals surface area contributed by atoms with Crippen LogP contribution in [0.15, 0.2) is 18.5 Å². The fourth-order valence-electron chi connectivity index (χ4n) is 1.12. The predicted molar refractivity (Wildman–Crippen MR) is 67.4 cm³/mol. The Balaban J connectivity index is 2.65. The molecule has 0 aliphatic carbocycles. The summed E-state index contributed by atoms with van der Waals surface area (Å²) in [5.74, 6) is 5.14. The molecule has 16 heavy (non-hydrogen) atoms. The molecule has 1 aromatic heterocycles. The number of carbonyl (C=O) groups excluding carboxylic acids is 1. The highest BCUT2D eigenvalue weighted by atomic mass is 32.2. The topological polar surface area (TPSA) is 80.0 Å². The number of pyridine rings is 1. The summed E-state index contributed by atoms with van der Waals surface area (Å²) in [4.78, 5) is 15.7. The number of hydrogen-bond acceptors (Lipinski definition) is 5. The molecule has 0 saturated heterocycles. The second-order valence-electron chi connectivity index (χ2n) is 3.32. The van der Waals surface area contributed by atoms with Crippen LogP contribution in [-0.2, 0) is 0 Å². The zero-order valence-corrected chi connectivity index (χ0v) is 10.2. The molecule has 0 bridgehead atoms. The maximum Gasteiger partial charge on any atom is 0.255 e. The number of carbonyl (C=O) groups is 1. The van der Waals surface area contributed by atoms with E-state index in [9.17, 15) is 4.79 Å². The molecule has 88 valence electrons. The molecule has 1 amide bonds. The Morgan fingerprint density at radius 1 is 1.69 bits per heavy atom. The van der Waals surface area contributed by atoms with Gasteiger partial charge in [-0.25, -0.2) is 0 Å². The van der Waals surface area contributed by atoms with Gasteiger partial charge >= 0.3 is 0 Å². The first-order chi connectivity index (χ1) is 7.69. The number of nitrogens with one attached hydrogen (secondary N) is 2. The monoisotopic (exact) mass is 240 g/mol. The number of nitrogen functional groups attached to an aromatic ring is 1. The molecule has 1 unspecified atom stereocenters. The largest absolute Gasteiger partial charge is 0.351 e. The molecule has 0 aromatic carbocycles. The number of nitrogens with zero attached hydrogens (tertiary/aromatic N) is 1. The molecule has 1 atom stereocenters. The van der Waals surface area contributed by atoms with E-state index in [4.69, 9.17) is 5.84 Å². The van der Waals surface area contributed by atoms with Crippen LogP contribution in [0.25, 0.3) is 0 Å². The Morgan fingerprint density at radius 2 is 2.44 bits per heavy atom. The van der Waals surface area contributed by atoms with Gasteiger partial charge in [-0.1, -0.05) is 6.92 Å². The number of amides is 1. The van der Waals surface area contributed by atoms with Gasteiger partial charge < -0.3 is 10.7 Å². The van der Waals surface area contributed by atoms with Crippen LogP contribution in [0.2, 0.25) is 0 Å². The minimum atomic E-state index is -0.165. The maximum atomic E-state index is 11.8. The number of hydrogen-bond donors (Lipinski definition) is 3. The molecule has 0 fully saturated rings. The van der Waals surface area contributed by atoms with Crippen molar-refractivity contribution in [1.29, 1.82) is 0 Å². The summed E-state index contributed by atoms with van der Waals surface area (Å²) >= 11 is 1.70. The molecule has 0 aliphatic heterocycles. The highest BCUT2D eigenvalue weighted by molar-refractivity contribution is 7.99. The molecule has 0 radical (unpaired) electrons. The van der Waals surface area contributed by atoms with Crippen LogP contribution < -0.4 is 16.6 Å². The number of anilines is 1. The van der Waals surface area contributed by atoms with E-state index in [1.54, 1.807) is 24.0 Å². The summed E-state index contributed by atoms with van der Waals surface area (Å²) in [5, 5.41) is 3.21. The Labute approximate surface area is 99.2 Å². The molecule has 4 N–H and O–H groups in total. The average molecular weight is 240 g/mol. The van der Waals surface area contributed by atoms with E-state index < -0.39 is 0 Å². The lowest BCUT2D eigenvalue weighted by Gasteiger charge is -2.11. The van der Waals surface area contributed by atoms with Gasteiger partial charge in [-0.3, -0.25) is 15.6 Å². The van der Waals surface area contributed by atoms with Crippen LogP contribution in [0, 0.1) is 0 Å². The second kappa shape index (κ2) is 6.34. The van der Waals surface area contributed by atoms with Crippen molar-refractivity contribution in [2.75, 3.05) is 18.2 Å². The lowest BCUT2D eigenvalue weighted by molar-refractivity contribution is 0.0954. The first-order valence-corrected chi connectivity index (χ1v) is 6.19. The normalized spacial score (nSPS) is 11.9. The van der Waals surface area contributed by atoms with E-state index in [0.29, 0.717) is 23.0 Å². The van der Waals surface area contributed by atoms with Crippen molar-refractivity contribution in [2.45, 2.75) is 12.2 Å². The van der Waals surface area contributed by atoms with Crippen molar-refractivity contribution in [2.24, 2.45) is 5.84 Å². The Morgan fingerprint density at radius 3 is 3.06 bits per heavy atom. The maximum absolute atomic E-state index is 11.8. The summed E-state index contributed by atoms with van der Waals surface area (Å²) in [5.41, 5.74) is 3.50. The SMILES string of the molecule is CSC(C)CNC(=O)c1cnccc1NN. The van der Waals surface area contributed by atoms with E-state index >= 15 is 0 Å². The fourth-order valence-corrected chi connectivity index (χ4v) is 1.37. The van der Waals surface area contributed by atoms with Crippen LogP contribution in [0.5, 0.6) is 0 Å². The first-order valence-electron chi connectivity index (χ1n) is 4.90. The van der Waals surface area contributed by atoms with Crippen molar-refractivity contribution in [3.63, 3.8) is 0 Å². The van der Waals surface area contributed by atoms with Crippen molar-refractivity contribution in [1.82, 2.24) is 10.3 Å². The Kier molecular flexibility index (Phi) is 5.07. The molecular weight excluding hydrogens is 224 g/mol. The zero-order valence-electron chi connectivity index (χ0n) is 9.36. The molecule has 1 aromatic rings. The van der Waals surface area contributed by atoms with Gasteiger partial charge in [0.2, 0.25) is 0 Å². The fraction of sp³-hybridized carbons (Fsp3) is 0.400. The standard InChI is InChI=1S/C10H16N4OS/c1-7(16-2)5-13-10(15)8-6-12-4-3-9(8)14-11/h3-4,6-7H,5,11H2,1-2H3,(H,12,14)(H,13,15). The minimum absolute atomic E-state index is 0.165. The van der Waals surface area contributed by atoms with E-state index in [0.717, 1.165) is 0 Å². The summed E-state index contributed by atoms with van der Waals surface area (Å²) < 4.78 is 0. The Hall–Kier alpha value is -1.27. The molecule has 5 nitrogen and oxygen atoms in total. The lowest BCUT2D eigenvalue weighted by Crippen LogP contribution is -2.30. The van der Waals surface area contributed by atoms with Crippen molar-refractivity contribution < 1.29 is 4.79 Å². The lowest BCUT2D eigenvalue weighted by atomic mass is 10.2. The smallest absolute Gasteiger partial charge is 0.255 e. The zero-order chi connectivity index (χ0) is 12.0. The van der Waals surface area contributed by atoms with Gasteiger partial charge in [0.05, 0.1) is 11.3 Å². The quantitative estimate of drug-likeness (QED) is 0.525. The van der Waals surface area contributed by atoms with Gasteiger partial charge in [-0.15, -0.1) is 0 Å². The average Bonchev–Trinajstić information content (AvgIpc) is 2.35. The van der Waals surface area contributed by atoms with Crippen molar-refractivity contribution in [3.05, 3.63) is 24.0 Å².